The van der Waals surface area contributed by atoms with E-state index in [9.17, 15) is 8.60 Å². The monoisotopic (exact) mass is 378 g/mol. The molecule has 1 atom stereocenters. The lowest BCUT2D eigenvalue weighted by Crippen LogP contribution is -1.87. The molecule has 2 heterocycles. The predicted octanol–water partition coefficient (Wildman–Crippen LogP) is 4.95. The van der Waals surface area contributed by atoms with Gasteiger partial charge in [-0.1, -0.05) is 0 Å². The Balaban J connectivity index is 1.84. The summed E-state index contributed by atoms with van der Waals surface area (Å²) in [5.74, 6) is 0.716. The molecular weight excluding hydrogens is 363 g/mol. The van der Waals surface area contributed by atoms with Crippen LogP contribution in [0.4, 0.5) is 4.39 Å². The molecule has 1 unspecified atom stereocenters. The van der Waals surface area contributed by atoms with Gasteiger partial charge in [0.25, 0.3) is 0 Å². The van der Waals surface area contributed by atoms with Gasteiger partial charge in [-0.25, -0.2) is 9.37 Å². The lowest BCUT2D eigenvalue weighted by Gasteiger charge is -2.01. The summed E-state index contributed by atoms with van der Waals surface area (Å²) in [5.41, 5.74) is 2.98. The van der Waals surface area contributed by atoms with Gasteiger partial charge in [0.2, 0.25) is 5.89 Å². The Bertz CT molecular complexity index is 1090. The minimum Gasteiger partial charge on any atom is -0.435 e. The van der Waals surface area contributed by atoms with Gasteiger partial charge in [-0.2, -0.15) is 0 Å². The average molecular weight is 378 g/mol. The van der Waals surface area contributed by atoms with E-state index in [-0.39, 0.29) is 5.82 Å². The van der Waals surface area contributed by atoms with Crippen LogP contribution in [0.1, 0.15) is 0 Å². The largest absolute Gasteiger partial charge is 0.435 e. The molecule has 0 saturated heterocycles. The number of hydrogen-bond acceptors (Lipinski definition) is 4. The molecular formula is C21H15FN2O2S. The van der Waals surface area contributed by atoms with Crippen molar-refractivity contribution in [3.63, 3.8) is 0 Å². The van der Waals surface area contributed by atoms with Gasteiger partial charge in [-0.15, -0.1) is 0 Å². The third kappa shape index (κ3) is 3.57. The van der Waals surface area contributed by atoms with E-state index in [1.165, 1.54) is 12.1 Å². The molecule has 0 N–H and O–H groups in total. The van der Waals surface area contributed by atoms with Gasteiger partial charge in [-0.05, 0) is 60.7 Å². The zero-order valence-electron chi connectivity index (χ0n) is 14.4. The fourth-order valence-electron chi connectivity index (χ4n) is 2.74. The maximum Gasteiger partial charge on any atom is 0.227 e. The number of nitrogens with zero attached hydrogens (tertiary/aromatic N) is 2. The van der Waals surface area contributed by atoms with Crippen LogP contribution in [-0.2, 0) is 10.8 Å². The molecule has 0 aliphatic rings. The van der Waals surface area contributed by atoms with E-state index in [1.807, 2.05) is 24.3 Å². The zero-order valence-corrected chi connectivity index (χ0v) is 15.2. The Morgan fingerprint density at radius 1 is 0.852 bits per heavy atom. The van der Waals surface area contributed by atoms with Crippen LogP contribution in [0.3, 0.4) is 0 Å². The van der Waals surface area contributed by atoms with E-state index in [1.54, 1.807) is 42.9 Å². The molecule has 2 aromatic heterocycles. The minimum absolute atomic E-state index is 0.309. The third-order valence-corrected chi connectivity index (χ3v) is 5.06. The van der Waals surface area contributed by atoms with Gasteiger partial charge in [0.05, 0.1) is 0 Å². The summed E-state index contributed by atoms with van der Waals surface area (Å²) in [6.07, 6.45) is 4.99. The minimum atomic E-state index is -1.05. The van der Waals surface area contributed by atoms with Crippen LogP contribution in [0, 0.1) is 5.82 Å². The van der Waals surface area contributed by atoms with E-state index in [4.69, 9.17) is 4.42 Å². The fraction of sp³-hybridized carbons (Fsp3) is 0.0476. The SMILES string of the molecule is CS(=O)c1ccc(-c2nc(-c3ccc(F)cc3)c(-c3ccncc3)o2)cc1. The van der Waals surface area contributed by atoms with Crippen molar-refractivity contribution >= 4 is 10.8 Å². The number of halogens is 1. The number of pyridine rings is 1. The lowest BCUT2D eigenvalue weighted by atomic mass is 10.1. The van der Waals surface area contributed by atoms with E-state index < -0.39 is 10.8 Å². The first-order valence-electron chi connectivity index (χ1n) is 8.23. The van der Waals surface area contributed by atoms with Gasteiger partial charge in [0.1, 0.15) is 11.5 Å². The third-order valence-electron chi connectivity index (χ3n) is 4.12. The second-order valence-corrected chi connectivity index (χ2v) is 7.30. The summed E-state index contributed by atoms with van der Waals surface area (Å²) in [6, 6.07) is 17.0. The van der Waals surface area contributed by atoms with Crippen molar-refractivity contribution in [1.82, 2.24) is 9.97 Å². The summed E-state index contributed by atoms with van der Waals surface area (Å²) >= 11 is 0. The van der Waals surface area contributed by atoms with Crippen molar-refractivity contribution in [2.24, 2.45) is 0 Å². The van der Waals surface area contributed by atoms with Crippen molar-refractivity contribution in [3.8, 4) is 34.0 Å². The normalized spacial score (nSPS) is 12.1. The zero-order chi connectivity index (χ0) is 18.8. The fourth-order valence-corrected chi connectivity index (χ4v) is 3.25. The van der Waals surface area contributed by atoms with E-state index in [0.29, 0.717) is 17.3 Å². The van der Waals surface area contributed by atoms with Gasteiger partial charge < -0.3 is 4.42 Å². The lowest BCUT2D eigenvalue weighted by molar-refractivity contribution is 0.589. The van der Waals surface area contributed by atoms with Crippen LogP contribution in [0.15, 0.2) is 82.4 Å². The second kappa shape index (κ2) is 7.25. The summed E-state index contributed by atoms with van der Waals surface area (Å²) in [6.45, 7) is 0. The van der Waals surface area contributed by atoms with Gasteiger partial charge >= 0.3 is 0 Å². The van der Waals surface area contributed by atoms with Crippen molar-refractivity contribution in [1.29, 1.82) is 0 Å². The summed E-state index contributed by atoms with van der Waals surface area (Å²) in [7, 11) is -1.05. The van der Waals surface area contributed by atoms with Crippen LogP contribution in [-0.4, -0.2) is 20.4 Å². The van der Waals surface area contributed by atoms with Gasteiger partial charge in [0.15, 0.2) is 5.76 Å². The van der Waals surface area contributed by atoms with Gasteiger partial charge in [0, 0.05) is 51.0 Å². The molecule has 0 saturated carbocycles. The van der Waals surface area contributed by atoms with Crippen molar-refractivity contribution < 1.29 is 13.0 Å². The van der Waals surface area contributed by atoms with Crippen molar-refractivity contribution in [2.45, 2.75) is 4.90 Å². The average Bonchev–Trinajstić information content (AvgIpc) is 3.15. The van der Waals surface area contributed by atoms with Crippen LogP contribution >= 0.6 is 0 Å². The van der Waals surface area contributed by atoms with Gasteiger partial charge in [-0.3, -0.25) is 9.19 Å². The molecule has 0 amide bonds. The Kier molecular flexibility index (Phi) is 4.64. The second-order valence-electron chi connectivity index (χ2n) is 5.92. The molecule has 27 heavy (non-hydrogen) atoms. The Morgan fingerprint density at radius 3 is 2.11 bits per heavy atom. The molecule has 0 radical (unpaired) electrons. The number of benzene rings is 2. The molecule has 0 spiro atoms. The quantitative estimate of drug-likeness (QED) is 0.504. The highest BCUT2D eigenvalue weighted by Gasteiger charge is 2.18. The molecule has 4 aromatic rings. The first-order chi connectivity index (χ1) is 13.1. The Hall–Kier alpha value is -3.12. The molecule has 0 fully saturated rings. The highest BCUT2D eigenvalue weighted by atomic mass is 32.2. The molecule has 4 nitrogen and oxygen atoms in total. The highest BCUT2D eigenvalue weighted by molar-refractivity contribution is 7.84. The molecule has 0 bridgehead atoms. The molecule has 0 aliphatic carbocycles. The van der Waals surface area contributed by atoms with E-state index in [2.05, 4.69) is 9.97 Å². The maximum atomic E-state index is 13.3. The topological polar surface area (TPSA) is 56.0 Å². The van der Waals surface area contributed by atoms with Crippen LogP contribution < -0.4 is 0 Å². The van der Waals surface area contributed by atoms with Crippen molar-refractivity contribution in [2.75, 3.05) is 6.26 Å². The first-order valence-corrected chi connectivity index (χ1v) is 9.78. The number of aromatic nitrogens is 2. The number of oxazole rings is 1. The van der Waals surface area contributed by atoms with E-state index in [0.717, 1.165) is 21.6 Å². The Labute approximate surface area is 158 Å². The highest BCUT2D eigenvalue weighted by Crippen LogP contribution is 2.35. The first kappa shape index (κ1) is 17.3. The number of hydrogen-bond donors (Lipinski definition) is 0. The predicted molar refractivity (Wildman–Crippen MR) is 103 cm³/mol. The van der Waals surface area contributed by atoms with Crippen molar-refractivity contribution in [3.05, 3.63) is 78.9 Å². The molecule has 4 rings (SSSR count). The molecule has 2 aromatic carbocycles. The summed E-state index contributed by atoms with van der Waals surface area (Å²) in [5, 5.41) is 0. The summed E-state index contributed by atoms with van der Waals surface area (Å²) < 4.78 is 31.0. The van der Waals surface area contributed by atoms with Crippen LogP contribution in [0.5, 0.6) is 0 Å². The smallest absolute Gasteiger partial charge is 0.227 e. The van der Waals surface area contributed by atoms with Crippen LogP contribution in [0.2, 0.25) is 0 Å². The molecule has 6 heteroatoms. The number of rotatable bonds is 4. The Morgan fingerprint density at radius 2 is 1.48 bits per heavy atom. The molecule has 0 aliphatic heterocycles. The van der Waals surface area contributed by atoms with Crippen LogP contribution in [0.25, 0.3) is 34.0 Å². The van der Waals surface area contributed by atoms with E-state index >= 15 is 0 Å². The standard InChI is InChI=1S/C21H15FN2O2S/c1-27(25)18-8-4-16(5-9-18)21-24-19(14-2-6-17(22)7-3-14)20(26-21)15-10-12-23-13-11-15/h2-13H,1H3. The maximum absolute atomic E-state index is 13.3. The summed E-state index contributed by atoms with van der Waals surface area (Å²) in [4.78, 5) is 9.42. The molecule has 134 valence electrons.